The van der Waals surface area contributed by atoms with Crippen LogP contribution < -0.4 is 5.32 Å². The molecule has 1 aromatic heterocycles. The highest BCUT2D eigenvalue weighted by molar-refractivity contribution is 5.93. The minimum atomic E-state index is -0.339. The van der Waals surface area contributed by atoms with Gasteiger partial charge in [-0.1, -0.05) is 30.3 Å². The molecular formula is C14H11N3O. The molecule has 18 heavy (non-hydrogen) atoms. The van der Waals surface area contributed by atoms with E-state index in [-0.39, 0.29) is 12.5 Å². The summed E-state index contributed by atoms with van der Waals surface area (Å²) in [7, 11) is 0. The lowest BCUT2D eigenvalue weighted by atomic mass is 10.1. The maximum atomic E-state index is 11.7. The zero-order valence-electron chi connectivity index (χ0n) is 9.63. The maximum Gasteiger partial charge on any atom is 0.270 e. The second-order valence-electron chi connectivity index (χ2n) is 3.64. The number of carbonyl (C=O) groups excluding carboxylic acids is 1. The molecular weight excluding hydrogens is 226 g/mol. The normalized spacial score (nSPS) is 9.50. The molecule has 4 nitrogen and oxygen atoms in total. The van der Waals surface area contributed by atoms with Crippen LogP contribution in [0.1, 0.15) is 10.5 Å². The van der Waals surface area contributed by atoms with Crippen LogP contribution in [-0.2, 0) is 0 Å². The van der Waals surface area contributed by atoms with Crippen molar-refractivity contribution in [3.05, 3.63) is 54.4 Å². The monoisotopic (exact) mass is 237 g/mol. The lowest BCUT2D eigenvalue weighted by molar-refractivity contribution is 0.0953. The SMILES string of the molecule is N#CCNC(=O)c1cc(-c2ccccc2)ccn1. The zero-order valence-corrected chi connectivity index (χ0v) is 9.63. The number of carbonyl (C=O) groups is 1. The third kappa shape index (κ3) is 2.71. The van der Waals surface area contributed by atoms with Crippen LogP contribution in [0.3, 0.4) is 0 Å². The van der Waals surface area contributed by atoms with Crippen molar-refractivity contribution in [2.45, 2.75) is 0 Å². The summed E-state index contributed by atoms with van der Waals surface area (Å²) in [6.45, 7) is -0.0178. The van der Waals surface area contributed by atoms with E-state index in [2.05, 4.69) is 10.3 Å². The second-order valence-corrected chi connectivity index (χ2v) is 3.64. The molecule has 0 fully saturated rings. The standard InChI is InChI=1S/C14H11N3O/c15-7-9-17-14(18)13-10-12(6-8-16-13)11-4-2-1-3-5-11/h1-6,8,10H,9H2,(H,17,18). The third-order valence-corrected chi connectivity index (χ3v) is 2.43. The van der Waals surface area contributed by atoms with Crippen LogP contribution in [0.2, 0.25) is 0 Å². The molecule has 2 aromatic rings. The first-order chi connectivity index (χ1) is 8.81. The average molecular weight is 237 g/mol. The molecule has 0 unspecified atom stereocenters. The Morgan fingerprint density at radius 1 is 1.22 bits per heavy atom. The van der Waals surface area contributed by atoms with Gasteiger partial charge in [-0.15, -0.1) is 0 Å². The van der Waals surface area contributed by atoms with Gasteiger partial charge < -0.3 is 5.32 Å². The van der Waals surface area contributed by atoms with E-state index < -0.39 is 0 Å². The molecule has 0 aliphatic heterocycles. The highest BCUT2D eigenvalue weighted by Crippen LogP contribution is 2.18. The van der Waals surface area contributed by atoms with Gasteiger partial charge >= 0.3 is 0 Å². The molecule has 1 amide bonds. The van der Waals surface area contributed by atoms with E-state index in [4.69, 9.17) is 5.26 Å². The number of nitrogens with zero attached hydrogens (tertiary/aromatic N) is 2. The molecule has 4 heteroatoms. The Kier molecular flexibility index (Phi) is 3.67. The van der Waals surface area contributed by atoms with Gasteiger partial charge in [-0.3, -0.25) is 9.78 Å². The summed E-state index contributed by atoms with van der Waals surface area (Å²) in [6.07, 6.45) is 1.59. The summed E-state index contributed by atoms with van der Waals surface area (Å²) in [5.41, 5.74) is 2.26. The Labute approximate surface area is 105 Å². The van der Waals surface area contributed by atoms with Gasteiger partial charge in [0.1, 0.15) is 12.2 Å². The molecule has 88 valence electrons. The predicted octanol–water partition coefficient (Wildman–Crippen LogP) is 2.00. The lowest BCUT2D eigenvalue weighted by Gasteiger charge is -2.04. The van der Waals surface area contributed by atoms with Gasteiger partial charge in [0.05, 0.1) is 6.07 Å². The summed E-state index contributed by atoms with van der Waals surface area (Å²) >= 11 is 0. The van der Waals surface area contributed by atoms with E-state index in [1.165, 1.54) is 0 Å². The molecule has 0 saturated heterocycles. The fraction of sp³-hybridized carbons (Fsp3) is 0.0714. The first kappa shape index (κ1) is 11.8. The van der Waals surface area contributed by atoms with Crippen molar-refractivity contribution >= 4 is 5.91 Å². The molecule has 1 aromatic carbocycles. The largest absolute Gasteiger partial charge is 0.338 e. The number of nitrogens with one attached hydrogen (secondary N) is 1. The van der Waals surface area contributed by atoms with Gasteiger partial charge in [0.25, 0.3) is 5.91 Å². The average Bonchev–Trinajstić information content (AvgIpc) is 2.46. The minimum Gasteiger partial charge on any atom is -0.338 e. The molecule has 0 saturated carbocycles. The molecule has 0 bridgehead atoms. The highest BCUT2D eigenvalue weighted by Gasteiger charge is 2.07. The van der Waals surface area contributed by atoms with Gasteiger partial charge in [-0.05, 0) is 23.3 Å². The van der Waals surface area contributed by atoms with E-state index in [1.54, 1.807) is 12.3 Å². The minimum absolute atomic E-state index is 0.0178. The van der Waals surface area contributed by atoms with Crippen molar-refractivity contribution < 1.29 is 4.79 Å². The Balaban J connectivity index is 2.26. The number of amides is 1. The smallest absolute Gasteiger partial charge is 0.270 e. The molecule has 0 spiro atoms. The second kappa shape index (κ2) is 5.60. The van der Waals surface area contributed by atoms with Crippen molar-refractivity contribution in [2.75, 3.05) is 6.54 Å². The van der Waals surface area contributed by atoms with Gasteiger partial charge in [0.2, 0.25) is 0 Å². The van der Waals surface area contributed by atoms with Crippen molar-refractivity contribution in [3.8, 4) is 17.2 Å². The summed E-state index contributed by atoms with van der Waals surface area (Å²) in [5, 5.41) is 10.9. The predicted molar refractivity (Wildman–Crippen MR) is 67.6 cm³/mol. The fourth-order valence-electron chi connectivity index (χ4n) is 1.58. The van der Waals surface area contributed by atoms with E-state index in [1.807, 2.05) is 42.5 Å². The highest BCUT2D eigenvalue weighted by atomic mass is 16.1. The van der Waals surface area contributed by atoms with E-state index in [9.17, 15) is 4.79 Å². The fourth-order valence-corrected chi connectivity index (χ4v) is 1.58. The van der Waals surface area contributed by atoms with Gasteiger partial charge in [0.15, 0.2) is 0 Å². The van der Waals surface area contributed by atoms with E-state index >= 15 is 0 Å². The molecule has 1 heterocycles. The number of pyridine rings is 1. The Morgan fingerprint density at radius 3 is 2.72 bits per heavy atom. The molecule has 0 aliphatic carbocycles. The van der Waals surface area contributed by atoms with Gasteiger partial charge in [0, 0.05) is 6.20 Å². The zero-order chi connectivity index (χ0) is 12.8. The van der Waals surface area contributed by atoms with E-state index in [0.717, 1.165) is 11.1 Å². The molecule has 0 aliphatic rings. The summed E-state index contributed by atoms with van der Waals surface area (Å²) < 4.78 is 0. The first-order valence-corrected chi connectivity index (χ1v) is 5.48. The van der Waals surface area contributed by atoms with Crippen LogP contribution in [0.5, 0.6) is 0 Å². The number of aromatic nitrogens is 1. The van der Waals surface area contributed by atoms with E-state index in [0.29, 0.717) is 5.69 Å². The van der Waals surface area contributed by atoms with Crippen molar-refractivity contribution in [3.63, 3.8) is 0 Å². The van der Waals surface area contributed by atoms with Crippen molar-refractivity contribution in [2.24, 2.45) is 0 Å². The molecule has 2 rings (SSSR count). The third-order valence-electron chi connectivity index (χ3n) is 2.43. The van der Waals surface area contributed by atoms with Crippen LogP contribution in [0.4, 0.5) is 0 Å². The van der Waals surface area contributed by atoms with Gasteiger partial charge in [-0.25, -0.2) is 0 Å². The quantitative estimate of drug-likeness (QED) is 0.830. The molecule has 0 atom stereocenters. The maximum absolute atomic E-state index is 11.7. The van der Waals surface area contributed by atoms with Crippen LogP contribution in [0, 0.1) is 11.3 Å². The lowest BCUT2D eigenvalue weighted by Crippen LogP contribution is -2.24. The number of nitriles is 1. The number of hydrogen-bond acceptors (Lipinski definition) is 3. The number of benzene rings is 1. The Hall–Kier alpha value is -2.67. The van der Waals surface area contributed by atoms with Crippen LogP contribution >= 0.6 is 0 Å². The topological polar surface area (TPSA) is 65.8 Å². The van der Waals surface area contributed by atoms with Crippen LogP contribution in [0.15, 0.2) is 48.7 Å². The summed E-state index contributed by atoms with van der Waals surface area (Å²) in [6, 6.07) is 15.1. The first-order valence-electron chi connectivity index (χ1n) is 5.48. The molecule has 1 N–H and O–H groups in total. The Morgan fingerprint density at radius 2 is 2.00 bits per heavy atom. The van der Waals surface area contributed by atoms with Gasteiger partial charge in [-0.2, -0.15) is 5.26 Å². The summed E-state index contributed by atoms with van der Waals surface area (Å²) in [4.78, 5) is 15.7. The van der Waals surface area contributed by atoms with Crippen molar-refractivity contribution in [1.82, 2.24) is 10.3 Å². The van der Waals surface area contributed by atoms with Crippen LogP contribution in [-0.4, -0.2) is 17.4 Å². The Bertz CT molecular complexity index is 587. The van der Waals surface area contributed by atoms with Crippen LogP contribution in [0.25, 0.3) is 11.1 Å². The summed E-state index contributed by atoms with van der Waals surface area (Å²) in [5.74, 6) is -0.339. The molecule has 0 radical (unpaired) electrons. The number of hydrogen-bond donors (Lipinski definition) is 1. The number of rotatable bonds is 3. The van der Waals surface area contributed by atoms with Crippen molar-refractivity contribution in [1.29, 1.82) is 5.26 Å².